The van der Waals surface area contributed by atoms with Crippen LogP contribution in [0.5, 0.6) is 5.88 Å². The third-order valence-corrected chi connectivity index (χ3v) is 7.23. The Morgan fingerprint density at radius 2 is 1.69 bits per heavy atom. The number of benzene rings is 2. The molecule has 0 aliphatic rings. The van der Waals surface area contributed by atoms with Gasteiger partial charge in [-0.1, -0.05) is 25.6 Å². The molecule has 212 valence electrons. The summed E-state index contributed by atoms with van der Waals surface area (Å²) >= 11 is 1.45. The number of methoxy groups -OCH3 is 1. The summed E-state index contributed by atoms with van der Waals surface area (Å²) < 4.78 is 5.09. The van der Waals surface area contributed by atoms with Crippen molar-refractivity contribution in [1.82, 2.24) is 19.9 Å². The SMILES string of the molecule is COc1ccc(NC(=O)c2ccc(Sc3ccc(NC(=O)O)cc3)c(Nc3ncnc4nc(C(C)C)ccc34)c2)cn1. The number of nitrogens with zero attached hydrogens (tertiary/aromatic N) is 4. The summed E-state index contributed by atoms with van der Waals surface area (Å²) in [6, 6.07) is 19.6. The molecule has 0 aliphatic carbocycles. The van der Waals surface area contributed by atoms with Crippen molar-refractivity contribution in [2.24, 2.45) is 0 Å². The van der Waals surface area contributed by atoms with E-state index in [1.165, 1.54) is 31.4 Å². The largest absolute Gasteiger partial charge is 0.481 e. The summed E-state index contributed by atoms with van der Waals surface area (Å²) in [5, 5.41) is 18.3. The van der Waals surface area contributed by atoms with Crippen LogP contribution in [0.2, 0.25) is 0 Å². The first-order chi connectivity index (χ1) is 20.3. The minimum Gasteiger partial charge on any atom is -0.481 e. The van der Waals surface area contributed by atoms with Crippen LogP contribution < -0.4 is 20.7 Å². The fourth-order valence-corrected chi connectivity index (χ4v) is 4.88. The van der Waals surface area contributed by atoms with E-state index >= 15 is 0 Å². The Kier molecular flexibility index (Phi) is 8.44. The molecule has 5 aromatic rings. The van der Waals surface area contributed by atoms with Gasteiger partial charge in [-0.15, -0.1) is 0 Å². The molecule has 0 fully saturated rings. The van der Waals surface area contributed by atoms with E-state index in [-0.39, 0.29) is 11.8 Å². The normalized spacial score (nSPS) is 10.9. The summed E-state index contributed by atoms with van der Waals surface area (Å²) in [6.07, 6.45) is 1.85. The topological polar surface area (TPSA) is 151 Å². The highest BCUT2D eigenvalue weighted by molar-refractivity contribution is 7.99. The Hall–Kier alpha value is -5.23. The predicted molar refractivity (Wildman–Crippen MR) is 162 cm³/mol. The Morgan fingerprint density at radius 3 is 2.38 bits per heavy atom. The molecular formula is C30H27N7O4S. The number of fused-ring (bicyclic) bond motifs is 1. The van der Waals surface area contributed by atoms with Crippen LogP contribution >= 0.6 is 11.8 Å². The van der Waals surface area contributed by atoms with Crippen LogP contribution in [0.15, 0.2) is 89.0 Å². The first kappa shape index (κ1) is 28.3. The third-order valence-electron chi connectivity index (χ3n) is 6.14. The van der Waals surface area contributed by atoms with E-state index in [4.69, 9.17) is 9.84 Å². The fraction of sp³-hybridized carbons (Fsp3) is 0.133. The molecule has 0 radical (unpaired) electrons. The third kappa shape index (κ3) is 6.73. The first-order valence-corrected chi connectivity index (χ1v) is 13.7. The van der Waals surface area contributed by atoms with Crippen LogP contribution in [-0.4, -0.2) is 44.2 Å². The molecule has 11 nitrogen and oxygen atoms in total. The molecule has 0 aliphatic heterocycles. The molecule has 12 heteroatoms. The number of pyridine rings is 2. The van der Waals surface area contributed by atoms with Crippen LogP contribution in [0.3, 0.4) is 0 Å². The number of nitrogens with one attached hydrogen (secondary N) is 3. The summed E-state index contributed by atoms with van der Waals surface area (Å²) in [7, 11) is 1.52. The molecule has 0 atom stereocenters. The van der Waals surface area contributed by atoms with Gasteiger partial charge in [-0.3, -0.25) is 10.1 Å². The van der Waals surface area contributed by atoms with E-state index in [0.29, 0.717) is 40.0 Å². The lowest BCUT2D eigenvalue weighted by molar-refractivity contribution is 0.102. The van der Waals surface area contributed by atoms with Gasteiger partial charge in [-0.05, 0) is 66.6 Å². The predicted octanol–water partition coefficient (Wildman–Crippen LogP) is 6.79. The lowest BCUT2D eigenvalue weighted by atomic mass is 10.1. The van der Waals surface area contributed by atoms with Gasteiger partial charge in [-0.25, -0.2) is 24.7 Å². The smallest absolute Gasteiger partial charge is 0.409 e. The van der Waals surface area contributed by atoms with Gasteiger partial charge in [0.05, 0.1) is 30.1 Å². The number of carbonyl (C=O) groups is 2. The lowest BCUT2D eigenvalue weighted by Gasteiger charge is -2.15. The fourth-order valence-electron chi connectivity index (χ4n) is 4.00. The second-order valence-corrected chi connectivity index (χ2v) is 10.5. The molecule has 0 bridgehead atoms. The van der Waals surface area contributed by atoms with Crippen molar-refractivity contribution in [3.05, 3.63) is 90.5 Å². The summed E-state index contributed by atoms with van der Waals surface area (Å²) in [6.45, 7) is 4.14. The number of hydrogen-bond acceptors (Lipinski definition) is 9. The molecule has 42 heavy (non-hydrogen) atoms. The monoisotopic (exact) mass is 581 g/mol. The number of ether oxygens (including phenoxy) is 1. The second-order valence-electron chi connectivity index (χ2n) is 9.42. The van der Waals surface area contributed by atoms with Gasteiger partial charge in [0.15, 0.2) is 5.65 Å². The van der Waals surface area contributed by atoms with E-state index in [0.717, 1.165) is 20.9 Å². The van der Waals surface area contributed by atoms with Crippen molar-refractivity contribution in [1.29, 1.82) is 0 Å². The van der Waals surface area contributed by atoms with Gasteiger partial charge in [0.25, 0.3) is 5.91 Å². The molecule has 0 saturated carbocycles. The zero-order chi connectivity index (χ0) is 29.6. The Bertz CT molecular complexity index is 1750. The molecule has 5 rings (SSSR count). The van der Waals surface area contributed by atoms with Crippen LogP contribution in [0.4, 0.5) is 27.7 Å². The first-order valence-electron chi connectivity index (χ1n) is 12.9. The van der Waals surface area contributed by atoms with Gasteiger partial charge in [-0.2, -0.15) is 0 Å². The van der Waals surface area contributed by atoms with E-state index in [9.17, 15) is 9.59 Å². The molecule has 3 heterocycles. The molecule has 4 N–H and O–H groups in total. The minimum atomic E-state index is -1.13. The molecule has 0 spiro atoms. The number of anilines is 4. The van der Waals surface area contributed by atoms with Crippen LogP contribution in [0, 0.1) is 0 Å². The van der Waals surface area contributed by atoms with Crippen molar-refractivity contribution < 1.29 is 19.4 Å². The maximum Gasteiger partial charge on any atom is 0.409 e. The van der Waals surface area contributed by atoms with Crippen LogP contribution in [0.1, 0.15) is 35.8 Å². The molecule has 2 amide bonds. The number of aromatic nitrogens is 4. The van der Waals surface area contributed by atoms with Gasteiger partial charge in [0.1, 0.15) is 12.1 Å². The Balaban J connectivity index is 1.48. The zero-order valence-corrected chi connectivity index (χ0v) is 23.8. The molecule has 0 saturated heterocycles. The van der Waals surface area contributed by atoms with E-state index in [1.807, 2.05) is 30.3 Å². The molecule has 0 unspecified atom stereocenters. The highest BCUT2D eigenvalue weighted by atomic mass is 32.2. The number of hydrogen-bond donors (Lipinski definition) is 4. The summed E-state index contributed by atoms with van der Waals surface area (Å²) in [4.78, 5) is 43.5. The summed E-state index contributed by atoms with van der Waals surface area (Å²) in [5.41, 5.74) is 3.54. The Labute approximate surface area is 245 Å². The lowest BCUT2D eigenvalue weighted by Crippen LogP contribution is -2.12. The average Bonchev–Trinajstić information content (AvgIpc) is 2.99. The van der Waals surface area contributed by atoms with Crippen molar-refractivity contribution in [2.45, 2.75) is 29.6 Å². The van der Waals surface area contributed by atoms with Crippen LogP contribution in [0.25, 0.3) is 11.0 Å². The standard InChI is InChI=1S/C30H27N7O4S/c1-17(2)23-11-10-22-27(36-23)32-16-33-28(22)37-24-14-18(29(38)34-20-7-13-26(41-3)31-15-20)4-12-25(24)42-21-8-5-19(6-9-21)35-30(39)40/h4-17,35H,1-3H3,(H,34,38)(H,39,40)(H,32,33,36,37). The second kappa shape index (κ2) is 12.5. The number of amides is 2. The average molecular weight is 582 g/mol. The zero-order valence-electron chi connectivity index (χ0n) is 23.0. The molecule has 2 aromatic carbocycles. The van der Waals surface area contributed by atoms with Crippen molar-refractivity contribution >= 4 is 57.7 Å². The highest BCUT2D eigenvalue weighted by Crippen LogP contribution is 2.37. The quantitative estimate of drug-likeness (QED) is 0.146. The van der Waals surface area contributed by atoms with Gasteiger partial charge in [0, 0.05) is 32.8 Å². The van der Waals surface area contributed by atoms with E-state index in [1.54, 1.807) is 36.4 Å². The highest BCUT2D eigenvalue weighted by Gasteiger charge is 2.15. The number of rotatable bonds is 9. The van der Waals surface area contributed by atoms with Gasteiger partial charge < -0.3 is 20.5 Å². The van der Waals surface area contributed by atoms with Crippen molar-refractivity contribution in [3.63, 3.8) is 0 Å². The maximum atomic E-state index is 13.2. The summed E-state index contributed by atoms with van der Waals surface area (Å²) in [5.74, 6) is 0.917. The number of carbonyl (C=O) groups excluding carboxylic acids is 1. The molecule has 3 aromatic heterocycles. The maximum absolute atomic E-state index is 13.2. The van der Waals surface area contributed by atoms with Gasteiger partial charge >= 0.3 is 6.09 Å². The van der Waals surface area contributed by atoms with Crippen molar-refractivity contribution in [3.8, 4) is 5.88 Å². The molecular weight excluding hydrogens is 554 g/mol. The minimum absolute atomic E-state index is 0.247. The number of carboxylic acid groups (broad SMARTS) is 1. The van der Waals surface area contributed by atoms with E-state index in [2.05, 4.69) is 49.7 Å². The van der Waals surface area contributed by atoms with Gasteiger partial charge in [0.2, 0.25) is 5.88 Å². The van der Waals surface area contributed by atoms with E-state index < -0.39 is 6.09 Å². The Morgan fingerprint density at radius 1 is 0.905 bits per heavy atom. The van der Waals surface area contributed by atoms with Crippen LogP contribution in [-0.2, 0) is 0 Å². The van der Waals surface area contributed by atoms with Crippen molar-refractivity contribution in [2.75, 3.05) is 23.1 Å².